The van der Waals surface area contributed by atoms with Crippen LogP contribution in [0.2, 0.25) is 0 Å². The number of amides is 2. The fourth-order valence-corrected chi connectivity index (χ4v) is 1.58. The number of unbranched alkanes of at least 4 members (excludes halogenated alkanes) is 1. The third-order valence-corrected chi connectivity index (χ3v) is 2.45. The zero-order valence-electron chi connectivity index (χ0n) is 10.3. The van der Waals surface area contributed by atoms with Crippen molar-refractivity contribution in [2.75, 3.05) is 16.4 Å². The number of nitrogens with one attached hydrogen (secondary N) is 2. The molecular weight excluding hydrogens is 250 g/mol. The first-order valence-corrected chi connectivity index (χ1v) is 6.40. The highest BCUT2D eigenvalue weighted by Gasteiger charge is 2.04. The van der Waals surface area contributed by atoms with Gasteiger partial charge in [-0.05, 0) is 30.7 Å². The van der Waals surface area contributed by atoms with Crippen molar-refractivity contribution in [2.24, 2.45) is 0 Å². The Morgan fingerprint density at radius 1 is 1.22 bits per heavy atom. The summed E-state index contributed by atoms with van der Waals surface area (Å²) in [6.07, 6.45) is 2.17. The van der Waals surface area contributed by atoms with Crippen molar-refractivity contribution in [3.63, 3.8) is 0 Å². The molecule has 2 amide bonds. The standard InChI is InChI=1S/C12H17N3O2S/c1-9(16)13-10-5-4-6-11(14-10)15-12(17)7-2-3-8-18/h4-6,18H,2-3,7-8H2,1H3,(H2,13,14,15,16,17). The zero-order chi connectivity index (χ0) is 13.4. The van der Waals surface area contributed by atoms with Crippen molar-refractivity contribution < 1.29 is 9.59 Å². The van der Waals surface area contributed by atoms with E-state index in [0.29, 0.717) is 18.1 Å². The lowest BCUT2D eigenvalue weighted by atomic mass is 10.2. The van der Waals surface area contributed by atoms with Crippen LogP contribution in [0.3, 0.4) is 0 Å². The number of pyridine rings is 1. The first-order chi connectivity index (χ1) is 8.61. The molecular formula is C12H17N3O2S. The molecule has 0 fully saturated rings. The minimum absolute atomic E-state index is 0.0794. The molecule has 0 atom stereocenters. The largest absolute Gasteiger partial charge is 0.311 e. The maximum Gasteiger partial charge on any atom is 0.225 e. The summed E-state index contributed by atoms with van der Waals surface area (Å²) in [6.45, 7) is 1.41. The molecule has 0 aromatic carbocycles. The Morgan fingerprint density at radius 2 is 1.89 bits per heavy atom. The molecule has 98 valence electrons. The van der Waals surface area contributed by atoms with Gasteiger partial charge in [-0.25, -0.2) is 4.98 Å². The lowest BCUT2D eigenvalue weighted by Gasteiger charge is -2.06. The molecule has 0 saturated heterocycles. The van der Waals surface area contributed by atoms with E-state index in [1.165, 1.54) is 6.92 Å². The molecule has 0 spiro atoms. The molecule has 0 aliphatic carbocycles. The highest BCUT2D eigenvalue weighted by molar-refractivity contribution is 7.80. The molecule has 6 heteroatoms. The van der Waals surface area contributed by atoms with Gasteiger partial charge in [-0.3, -0.25) is 9.59 Å². The lowest BCUT2D eigenvalue weighted by Crippen LogP contribution is -2.14. The second kappa shape index (κ2) is 7.71. The van der Waals surface area contributed by atoms with Gasteiger partial charge in [-0.15, -0.1) is 0 Å². The van der Waals surface area contributed by atoms with Gasteiger partial charge in [0.1, 0.15) is 11.6 Å². The van der Waals surface area contributed by atoms with Crippen molar-refractivity contribution in [1.82, 2.24) is 4.98 Å². The molecule has 2 N–H and O–H groups in total. The monoisotopic (exact) mass is 267 g/mol. The molecule has 1 rings (SSSR count). The number of hydrogen-bond donors (Lipinski definition) is 3. The Balaban J connectivity index is 2.51. The summed E-state index contributed by atoms with van der Waals surface area (Å²) < 4.78 is 0. The zero-order valence-corrected chi connectivity index (χ0v) is 11.2. The van der Waals surface area contributed by atoms with Gasteiger partial charge in [0.2, 0.25) is 11.8 Å². The number of carbonyl (C=O) groups is 2. The van der Waals surface area contributed by atoms with Crippen LogP contribution in [0.4, 0.5) is 11.6 Å². The van der Waals surface area contributed by atoms with Crippen LogP contribution in [0.5, 0.6) is 0 Å². The van der Waals surface area contributed by atoms with Crippen molar-refractivity contribution in [2.45, 2.75) is 26.2 Å². The summed E-state index contributed by atoms with van der Waals surface area (Å²) in [5.41, 5.74) is 0. The first kappa shape index (κ1) is 14.5. The Kier molecular flexibility index (Phi) is 6.21. The van der Waals surface area contributed by atoms with Crippen LogP contribution in [-0.2, 0) is 9.59 Å². The Morgan fingerprint density at radius 3 is 2.50 bits per heavy atom. The Bertz CT molecular complexity index is 424. The topological polar surface area (TPSA) is 71.1 Å². The predicted octanol–water partition coefficient (Wildman–Crippen LogP) is 2.08. The van der Waals surface area contributed by atoms with E-state index >= 15 is 0 Å². The third-order valence-electron chi connectivity index (χ3n) is 2.13. The van der Waals surface area contributed by atoms with E-state index in [0.717, 1.165) is 18.6 Å². The average molecular weight is 267 g/mol. The van der Waals surface area contributed by atoms with Gasteiger partial charge in [0, 0.05) is 13.3 Å². The van der Waals surface area contributed by atoms with E-state index in [2.05, 4.69) is 28.2 Å². The minimum atomic E-state index is -0.195. The summed E-state index contributed by atoms with van der Waals surface area (Å²) in [5, 5.41) is 5.25. The lowest BCUT2D eigenvalue weighted by molar-refractivity contribution is -0.116. The molecule has 1 aromatic rings. The van der Waals surface area contributed by atoms with Crippen LogP contribution in [0.15, 0.2) is 18.2 Å². The number of hydrogen-bond acceptors (Lipinski definition) is 4. The molecule has 1 heterocycles. The predicted molar refractivity (Wildman–Crippen MR) is 74.9 cm³/mol. The number of thiol groups is 1. The van der Waals surface area contributed by atoms with E-state index < -0.39 is 0 Å². The second-order valence-electron chi connectivity index (χ2n) is 3.82. The number of nitrogens with zero attached hydrogens (tertiary/aromatic N) is 1. The summed E-state index contributed by atoms with van der Waals surface area (Å²) in [4.78, 5) is 26.5. The highest BCUT2D eigenvalue weighted by Crippen LogP contribution is 2.10. The Labute approximate surface area is 112 Å². The smallest absolute Gasteiger partial charge is 0.225 e. The second-order valence-corrected chi connectivity index (χ2v) is 4.27. The quantitative estimate of drug-likeness (QED) is 0.546. The normalized spacial score (nSPS) is 9.89. The molecule has 0 aliphatic rings. The average Bonchev–Trinajstić information content (AvgIpc) is 2.28. The SMILES string of the molecule is CC(=O)Nc1cccc(NC(=O)CCCCS)n1. The molecule has 0 aliphatic heterocycles. The maximum atomic E-state index is 11.6. The van der Waals surface area contributed by atoms with Gasteiger partial charge in [0.25, 0.3) is 0 Å². The van der Waals surface area contributed by atoms with E-state index in [-0.39, 0.29) is 11.8 Å². The number of carbonyl (C=O) groups excluding carboxylic acids is 2. The minimum Gasteiger partial charge on any atom is -0.311 e. The van der Waals surface area contributed by atoms with E-state index in [4.69, 9.17) is 0 Å². The van der Waals surface area contributed by atoms with Crippen LogP contribution in [0.1, 0.15) is 26.2 Å². The number of aromatic nitrogens is 1. The van der Waals surface area contributed by atoms with E-state index in [9.17, 15) is 9.59 Å². The van der Waals surface area contributed by atoms with Crippen molar-refractivity contribution >= 4 is 36.1 Å². The number of rotatable bonds is 6. The summed E-state index contributed by atoms with van der Waals surface area (Å²) >= 11 is 4.08. The maximum absolute atomic E-state index is 11.6. The molecule has 0 unspecified atom stereocenters. The van der Waals surface area contributed by atoms with Gasteiger partial charge in [-0.2, -0.15) is 12.6 Å². The van der Waals surface area contributed by atoms with Crippen molar-refractivity contribution in [3.8, 4) is 0 Å². The van der Waals surface area contributed by atoms with Crippen molar-refractivity contribution in [1.29, 1.82) is 0 Å². The molecule has 0 bridgehead atoms. The van der Waals surface area contributed by atoms with Crippen LogP contribution >= 0.6 is 12.6 Å². The summed E-state index contributed by atoms with van der Waals surface area (Å²) in [5.74, 6) is 1.38. The Hall–Kier alpha value is -1.56. The van der Waals surface area contributed by atoms with Gasteiger partial charge in [0.05, 0.1) is 0 Å². The van der Waals surface area contributed by atoms with Crippen LogP contribution in [-0.4, -0.2) is 22.6 Å². The van der Waals surface area contributed by atoms with E-state index in [1.807, 2.05) is 0 Å². The van der Waals surface area contributed by atoms with Gasteiger partial charge in [0.15, 0.2) is 0 Å². The highest BCUT2D eigenvalue weighted by atomic mass is 32.1. The van der Waals surface area contributed by atoms with Gasteiger partial charge < -0.3 is 10.6 Å². The number of anilines is 2. The molecule has 0 radical (unpaired) electrons. The summed E-state index contributed by atoms with van der Waals surface area (Å²) in [6, 6.07) is 5.07. The van der Waals surface area contributed by atoms with Crippen LogP contribution in [0.25, 0.3) is 0 Å². The van der Waals surface area contributed by atoms with E-state index in [1.54, 1.807) is 18.2 Å². The molecule has 0 saturated carbocycles. The molecule has 1 aromatic heterocycles. The molecule has 5 nitrogen and oxygen atoms in total. The summed E-state index contributed by atoms with van der Waals surface area (Å²) in [7, 11) is 0. The van der Waals surface area contributed by atoms with Gasteiger partial charge in [-0.1, -0.05) is 6.07 Å². The molecule has 18 heavy (non-hydrogen) atoms. The van der Waals surface area contributed by atoms with Gasteiger partial charge >= 0.3 is 0 Å². The first-order valence-electron chi connectivity index (χ1n) is 5.77. The van der Waals surface area contributed by atoms with Crippen LogP contribution < -0.4 is 10.6 Å². The fourth-order valence-electron chi connectivity index (χ4n) is 1.36. The third kappa shape index (κ3) is 5.67. The van der Waals surface area contributed by atoms with Crippen LogP contribution in [0, 0.1) is 0 Å². The fraction of sp³-hybridized carbons (Fsp3) is 0.417. The van der Waals surface area contributed by atoms with Crippen molar-refractivity contribution in [3.05, 3.63) is 18.2 Å².